The Balaban J connectivity index is 1.71. The molecule has 0 bridgehead atoms. The van der Waals surface area contributed by atoms with Crippen molar-refractivity contribution in [1.82, 2.24) is 0 Å². The lowest BCUT2D eigenvalue weighted by atomic mass is 9.89. The van der Waals surface area contributed by atoms with Crippen LogP contribution >= 0.6 is 46.4 Å². The van der Waals surface area contributed by atoms with Gasteiger partial charge in [-0.25, -0.2) is 0 Å². The monoisotopic (exact) mass is 590 g/mol. The summed E-state index contributed by atoms with van der Waals surface area (Å²) in [6.07, 6.45) is 0. The van der Waals surface area contributed by atoms with Gasteiger partial charge in [-0.1, -0.05) is 109 Å². The van der Waals surface area contributed by atoms with Crippen LogP contribution < -0.4 is 0 Å². The molecule has 40 heavy (non-hydrogen) atoms. The van der Waals surface area contributed by atoms with E-state index in [1.807, 2.05) is 0 Å². The van der Waals surface area contributed by atoms with E-state index in [9.17, 15) is 0 Å². The average Bonchev–Trinajstić information content (AvgIpc) is 3.29. The maximum Gasteiger partial charge on any atom is 0.0413 e. The summed E-state index contributed by atoms with van der Waals surface area (Å²) >= 11 is 25.9. The Morgan fingerprint density at radius 2 is 0.600 bits per heavy atom. The summed E-state index contributed by atoms with van der Waals surface area (Å²) in [5, 5.41) is 18.3. The Kier molecular flexibility index (Phi) is 4.88. The lowest BCUT2D eigenvalue weighted by Gasteiger charge is -2.16. The molecule has 0 aliphatic heterocycles. The molecule has 8 aromatic rings. The first kappa shape index (κ1) is 24.3. The molecule has 0 aromatic heterocycles. The first-order valence-electron chi connectivity index (χ1n) is 12.7. The molecule has 0 nitrogen and oxygen atoms in total. The highest BCUT2D eigenvalue weighted by atomic mass is 35.5. The van der Waals surface area contributed by atoms with Gasteiger partial charge in [0, 0.05) is 42.4 Å². The minimum absolute atomic E-state index is 0.431. The van der Waals surface area contributed by atoms with Gasteiger partial charge in [0.25, 0.3) is 0 Å². The third kappa shape index (κ3) is 2.90. The van der Waals surface area contributed by atoms with Crippen LogP contribution in [-0.4, -0.2) is 0 Å². The molecular weight excluding hydrogens is 574 g/mol. The van der Waals surface area contributed by atoms with Gasteiger partial charge in [-0.2, -0.15) is 0 Å². The van der Waals surface area contributed by atoms with Crippen molar-refractivity contribution in [2.24, 2.45) is 0 Å². The van der Waals surface area contributed by atoms with Crippen molar-refractivity contribution in [3.05, 3.63) is 109 Å². The SMILES string of the molecule is C=C(Cl)c1cc2c(cc1C(=C)Cl)c1ccc3c4cc(C(=C)Cl)c(C(=C)Cl)cc4c4ccc5ccc2c2c5c4c3c12. The van der Waals surface area contributed by atoms with Crippen molar-refractivity contribution in [3.8, 4) is 0 Å². The third-order valence-corrected chi connectivity index (χ3v) is 9.35. The Labute approximate surface area is 250 Å². The fourth-order valence-electron chi connectivity index (χ4n) is 6.95. The summed E-state index contributed by atoms with van der Waals surface area (Å²) in [7, 11) is 0. The van der Waals surface area contributed by atoms with Crippen LogP contribution in [0.3, 0.4) is 0 Å². The van der Waals surface area contributed by atoms with E-state index in [2.05, 4.69) is 87.0 Å². The van der Waals surface area contributed by atoms with Crippen molar-refractivity contribution >= 4 is 142 Å². The van der Waals surface area contributed by atoms with Gasteiger partial charge in [-0.3, -0.25) is 0 Å². The van der Waals surface area contributed by atoms with Gasteiger partial charge in [0.2, 0.25) is 0 Å². The smallest absolute Gasteiger partial charge is 0.0413 e. The molecule has 8 rings (SSSR count). The fourth-order valence-corrected chi connectivity index (χ4v) is 7.57. The Morgan fingerprint density at radius 3 is 0.875 bits per heavy atom. The second kappa shape index (κ2) is 8.03. The molecule has 0 radical (unpaired) electrons. The molecule has 0 saturated carbocycles. The first-order chi connectivity index (χ1) is 19.2. The van der Waals surface area contributed by atoms with Gasteiger partial charge < -0.3 is 0 Å². The van der Waals surface area contributed by atoms with Crippen molar-refractivity contribution in [2.75, 3.05) is 0 Å². The number of rotatable bonds is 4. The zero-order chi connectivity index (χ0) is 27.8. The summed E-state index contributed by atoms with van der Waals surface area (Å²) in [4.78, 5) is 0. The van der Waals surface area contributed by atoms with E-state index >= 15 is 0 Å². The number of hydrogen-bond acceptors (Lipinski definition) is 0. The summed E-state index contributed by atoms with van der Waals surface area (Å²) in [5.74, 6) is 0. The van der Waals surface area contributed by atoms with Crippen LogP contribution in [0, 0.1) is 0 Å². The second-order valence-corrected chi connectivity index (χ2v) is 12.3. The third-order valence-electron chi connectivity index (χ3n) is 8.54. The zero-order valence-corrected chi connectivity index (χ0v) is 24.1. The van der Waals surface area contributed by atoms with Crippen LogP contribution in [-0.2, 0) is 0 Å². The lowest BCUT2D eigenvalue weighted by molar-refractivity contribution is 1.67. The summed E-state index contributed by atoms with van der Waals surface area (Å²) in [6, 6.07) is 21.7. The normalized spacial score (nSPS) is 12.4. The van der Waals surface area contributed by atoms with Crippen molar-refractivity contribution in [3.63, 3.8) is 0 Å². The van der Waals surface area contributed by atoms with Gasteiger partial charge in [0.05, 0.1) is 0 Å². The molecule has 0 amide bonds. The van der Waals surface area contributed by atoms with Gasteiger partial charge in [-0.05, 0) is 99.7 Å². The Bertz CT molecular complexity index is 2310. The second-order valence-electron chi connectivity index (χ2n) is 10.5. The maximum atomic E-state index is 6.48. The fraction of sp³-hybridized carbons (Fsp3) is 0. The van der Waals surface area contributed by atoms with E-state index in [1.165, 1.54) is 43.1 Å². The summed E-state index contributed by atoms with van der Waals surface area (Å²) in [6.45, 7) is 16.0. The number of hydrogen-bond donors (Lipinski definition) is 0. The van der Waals surface area contributed by atoms with Crippen LogP contribution in [0.25, 0.3) is 95.5 Å². The molecular formula is C36H18Cl4. The van der Waals surface area contributed by atoms with Crippen LogP contribution in [0.5, 0.6) is 0 Å². The van der Waals surface area contributed by atoms with Gasteiger partial charge in [-0.15, -0.1) is 0 Å². The molecule has 0 aliphatic rings. The molecule has 0 N–H and O–H groups in total. The predicted molar refractivity (Wildman–Crippen MR) is 182 cm³/mol. The lowest BCUT2D eigenvalue weighted by Crippen LogP contribution is -1.91. The molecule has 8 aromatic carbocycles. The Hall–Kier alpha value is -3.52. The minimum Gasteiger partial charge on any atom is -0.0843 e. The zero-order valence-electron chi connectivity index (χ0n) is 21.1. The molecule has 0 heterocycles. The quantitative estimate of drug-likeness (QED) is 0.178. The number of halogens is 4. The molecule has 0 fully saturated rings. The van der Waals surface area contributed by atoms with E-state index in [0.717, 1.165) is 54.6 Å². The standard InChI is InChI=1S/C36H18Cl4/c1-15(37)24-11-28-20-7-5-19-6-8-21-29-12-25(16(2)38)27(18(4)40)14-31(29)23-10-9-22(30(28)13-26(24)17(3)39)35-33(20)32(19)34(21)36(23)35/h5-14H,1-4H2. The van der Waals surface area contributed by atoms with E-state index in [4.69, 9.17) is 46.4 Å². The molecule has 0 atom stereocenters. The molecule has 0 saturated heterocycles. The van der Waals surface area contributed by atoms with Crippen molar-refractivity contribution in [1.29, 1.82) is 0 Å². The first-order valence-corrected chi connectivity index (χ1v) is 14.2. The van der Waals surface area contributed by atoms with Crippen molar-refractivity contribution < 1.29 is 0 Å². The summed E-state index contributed by atoms with van der Waals surface area (Å²) < 4.78 is 0. The van der Waals surface area contributed by atoms with E-state index in [0.29, 0.717) is 20.1 Å². The summed E-state index contributed by atoms with van der Waals surface area (Å²) in [5.41, 5.74) is 3.16. The van der Waals surface area contributed by atoms with Gasteiger partial charge in [0.1, 0.15) is 0 Å². The highest BCUT2D eigenvalue weighted by Gasteiger charge is 2.25. The van der Waals surface area contributed by atoms with E-state index in [1.54, 1.807) is 0 Å². The molecule has 0 aliphatic carbocycles. The predicted octanol–water partition coefficient (Wildman–Crippen LogP) is 12.9. The Morgan fingerprint density at radius 1 is 0.350 bits per heavy atom. The maximum absolute atomic E-state index is 6.48. The molecule has 4 heteroatoms. The highest BCUT2D eigenvalue weighted by molar-refractivity contribution is 6.55. The van der Waals surface area contributed by atoms with Crippen molar-refractivity contribution in [2.45, 2.75) is 0 Å². The van der Waals surface area contributed by atoms with E-state index < -0.39 is 0 Å². The largest absolute Gasteiger partial charge is 0.0843 e. The van der Waals surface area contributed by atoms with Crippen LogP contribution in [0.15, 0.2) is 87.0 Å². The minimum atomic E-state index is 0.431. The van der Waals surface area contributed by atoms with Crippen LogP contribution in [0.2, 0.25) is 0 Å². The average molecular weight is 592 g/mol. The van der Waals surface area contributed by atoms with Crippen LogP contribution in [0.1, 0.15) is 22.3 Å². The van der Waals surface area contributed by atoms with E-state index in [-0.39, 0.29) is 0 Å². The van der Waals surface area contributed by atoms with Gasteiger partial charge in [0.15, 0.2) is 0 Å². The number of fused-ring (bicyclic) bond motifs is 6. The number of benzene rings is 7. The molecule has 190 valence electrons. The van der Waals surface area contributed by atoms with Gasteiger partial charge >= 0.3 is 0 Å². The highest BCUT2D eigenvalue weighted by Crippen LogP contribution is 2.54. The molecule has 0 spiro atoms. The molecule has 0 unspecified atom stereocenters. The van der Waals surface area contributed by atoms with Crippen LogP contribution in [0.4, 0.5) is 0 Å². The topological polar surface area (TPSA) is 0 Å².